The highest BCUT2D eigenvalue weighted by atomic mass is 16.6. The first-order chi connectivity index (χ1) is 40.5. The second kappa shape index (κ2) is 69.0. The van der Waals surface area contributed by atoms with Crippen molar-refractivity contribution in [3.8, 4) is 0 Å². The van der Waals surface area contributed by atoms with Crippen molar-refractivity contribution in [1.29, 1.82) is 0 Å². The summed E-state index contributed by atoms with van der Waals surface area (Å²) in [7, 11) is 0. The molecule has 0 saturated heterocycles. The zero-order valence-corrected chi connectivity index (χ0v) is 53.5. The molecule has 6 heteroatoms. The third-order valence-corrected chi connectivity index (χ3v) is 14.4. The van der Waals surface area contributed by atoms with E-state index in [1.54, 1.807) is 0 Å². The van der Waals surface area contributed by atoms with E-state index in [9.17, 15) is 14.4 Å². The van der Waals surface area contributed by atoms with Crippen LogP contribution < -0.4 is 0 Å². The molecular formula is C76H126O6. The summed E-state index contributed by atoms with van der Waals surface area (Å²) < 4.78 is 17.0. The normalized spacial score (nSPS) is 13.0. The maximum absolute atomic E-state index is 13.0. The van der Waals surface area contributed by atoms with Gasteiger partial charge in [0.25, 0.3) is 0 Å². The topological polar surface area (TPSA) is 78.9 Å². The van der Waals surface area contributed by atoms with Gasteiger partial charge >= 0.3 is 17.9 Å². The van der Waals surface area contributed by atoms with Gasteiger partial charge < -0.3 is 14.2 Å². The van der Waals surface area contributed by atoms with E-state index < -0.39 is 6.10 Å². The summed E-state index contributed by atoms with van der Waals surface area (Å²) in [4.78, 5) is 38.5. The van der Waals surface area contributed by atoms with E-state index in [0.29, 0.717) is 19.3 Å². The van der Waals surface area contributed by atoms with Gasteiger partial charge in [-0.2, -0.15) is 0 Å². The number of rotatable bonds is 61. The Kier molecular flexibility index (Phi) is 65.3. The first-order valence-corrected chi connectivity index (χ1v) is 34.2. The van der Waals surface area contributed by atoms with Crippen molar-refractivity contribution in [3.05, 3.63) is 134 Å². The Bertz CT molecular complexity index is 1730. The van der Waals surface area contributed by atoms with Crippen LogP contribution in [0.4, 0.5) is 0 Å². The quantitative estimate of drug-likeness (QED) is 0.0261. The van der Waals surface area contributed by atoms with Gasteiger partial charge in [0, 0.05) is 19.3 Å². The summed E-state index contributed by atoms with van der Waals surface area (Å²) in [6, 6.07) is 0. The number of esters is 3. The molecule has 466 valence electrons. The Morgan fingerprint density at radius 3 is 0.744 bits per heavy atom. The summed E-state index contributed by atoms with van der Waals surface area (Å²) in [5.41, 5.74) is 0. The molecule has 0 rings (SSSR count). The lowest BCUT2D eigenvalue weighted by atomic mass is 10.0. The maximum atomic E-state index is 13.0. The lowest BCUT2D eigenvalue weighted by Gasteiger charge is -2.18. The van der Waals surface area contributed by atoms with Crippen LogP contribution in [0.3, 0.4) is 0 Å². The molecule has 0 amide bonds. The highest BCUT2D eigenvalue weighted by molar-refractivity contribution is 5.71. The van der Waals surface area contributed by atoms with Crippen LogP contribution in [-0.2, 0) is 28.6 Å². The Balaban J connectivity index is 4.39. The predicted octanol–water partition coefficient (Wildman–Crippen LogP) is 23.7. The Morgan fingerprint density at radius 1 is 0.256 bits per heavy atom. The molecule has 0 aliphatic heterocycles. The molecule has 0 aromatic heterocycles. The maximum Gasteiger partial charge on any atom is 0.306 e. The average Bonchev–Trinajstić information content (AvgIpc) is 3.47. The van der Waals surface area contributed by atoms with Crippen LogP contribution in [0.2, 0.25) is 0 Å². The van der Waals surface area contributed by atoms with Crippen LogP contribution in [-0.4, -0.2) is 37.2 Å². The van der Waals surface area contributed by atoms with Crippen LogP contribution in [0.15, 0.2) is 134 Å². The number of carbonyl (C=O) groups is 3. The van der Waals surface area contributed by atoms with Gasteiger partial charge in [-0.05, 0) is 135 Å². The third kappa shape index (κ3) is 66.4. The first kappa shape index (κ1) is 77.5. The fraction of sp³-hybridized carbons (Fsp3) is 0.671. The standard InChI is InChI=1S/C76H126O6/c1-4-7-10-13-16-19-22-25-28-31-33-35-36-37-38-39-40-42-43-45-48-51-54-57-60-63-66-69-75(78)81-72-73(71-80-74(77)68-65-62-59-56-53-50-47-30-27-24-21-18-15-12-9-6-3)82-76(79)70-67-64-61-58-55-52-49-46-44-41-34-32-29-26-23-20-17-14-11-8-5-2/h7-8,10-11,16-17,19-21,24-26,28-30,33-35,37-38,41,47,73H,4-6,9,12-15,18,22-23,27,31-32,36,39-40,42-46,48-72H2,1-3H3/b10-7-,11-8-,19-16-,20-17-,24-21-,28-25-,29-26-,35-33-,38-37-,41-34-,47-30-. The predicted molar refractivity (Wildman–Crippen MR) is 357 cm³/mol. The Hall–Kier alpha value is -4.45. The molecule has 0 bridgehead atoms. The zero-order chi connectivity index (χ0) is 59.2. The molecular weight excluding hydrogens is 1010 g/mol. The van der Waals surface area contributed by atoms with Gasteiger partial charge in [-0.15, -0.1) is 0 Å². The van der Waals surface area contributed by atoms with Crippen molar-refractivity contribution in [2.45, 2.75) is 316 Å². The minimum absolute atomic E-state index is 0.0900. The molecule has 6 nitrogen and oxygen atoms in total. The molecule has 0 aromatic carbocycles. The summed E-state index contributed by atoms with van der Waals surface area (Å²) >= 11 is 0. The smallest absolute Gasteiger partial charge is 0.306 e. The Morgan fingerprint density at radius 2 is 0.476 bits per heavy atom. The fourth-order valence-electron chi connectivity index (χ4n) is 9.32. The SMILES string of the molecule is CC/C=C\C/C=C\C/C=C\C/C=C\C/C=C\CCCCCCCCCCCCCC(=O)OCC(COC(=O)CCCCCCC/C=C\C/C=C\CCCCCC)OC(=O)CCCCCCCCCC/C=C\C/C=C\C/C=C\C/C=C\CC. The minimum atomic E-state index is -0.796. The molecule has 0 aliphatic carbocycles. The van der Waals surface area contributed by atoms with Gasteiger partial charge in [-0.3, -0.25) is 14.4 Å². The van der Waals surface area contributed by atoms with Gasteiger partial charge in [0.15, 0.2) is 6.10 Å². The lowest BCUT2D eigenvalue weighted by Crippen LogP contribution is -2.30. The number of allylic oxidation sites excluding steroid dienone is 22. The van der Waals surface area contributed by atoms with Crippen molar-refractivity contribution in [2.24, 2.45) is 0 Å². The number of ether oxygens (including phenoxy) is 3. The van der Waals surface area contributed by atoms with Crippen LogP contribution in [0, 0.1) is 0 Å². The van der Waals surface area contributed by atoms with E-state index >= 15 is 0 Å². The molecule has 0 saturated carbocycles. The summed E-state index contributed by atoms with van der Waals surface area (Å²) in [5.74, 6) is -0.908. The summed E-state index contributed by atoms with van der Waals surface area (Å²) in [5, 5.41) is 0. The fourth-order valence-corrected chi connectivity index (χ4v) is 9.32. The Labute approximate surface area is 506 Å². The number of hydrogen-bond acceptors (Lipinski definition) is 6. The second-order valence-corrected chi connectivity index (χ2v) is 22.3. The molecule has 0 heterocycles. The summed E-state index contributed by atoms with van der Waals surface area (Å²) in [6.07, 6.45) is 97.4. The van der Waals surface area contributed by atoms with E-state index in [1.165, 1.54) is 122 Å². The van der Waals surface area contributed by atoms with Gasteiger partial charge in [0.2, 0.25) is 0 Å². The van der Waals surface area contributed by atoms with E-state index in [2.05, 4.69) is 154 Å². The lowest BCUT2D eigenvalue weighted by molar-refractivity contribution is -0.167. The number of unbranched alkanes of at least 4 members (excludes halogenated alkanes) is 28. The molecule has 0 aromatic rings. The van der Waals surface area contributed by atoms with Crippen molar-refractivity contribution >= 4 is 17.9 Å². The zero-order valence-electron chi connectivity index (χ0n) is 53.5. The van der Waals surface area contributed by atoms with E-state index in [-0.39, 0.29) is 31.1 Å². The highest BCUT2D eigenvalue weighted by Crippen LogP contribution is 2.16. The van der Waals surface area contributed by atoms with Gasteiger partial charge in [-0.1, -0.05) is 289 Å². The monoisotopic (exact) mass is 1130 g/mol. The molecule has 0 radical (unpaired) electrons. The van der Waals surface area contributed by atoms with Crippen molar-refractivity contribution < 1.29 is 28.6 Å². The second-order valence-electron chi connectivity index (χ2n) is 22.3. The number of carbonyl (C=O) groups excluding carboxylic acids is 3. The van der Waals surface area contributed by atoms with E-state index in [1.807, 2.05) is 0 Å². The van der Waals surface area contributed by atoms with Gasteiger partial charge in [-0.25, -0.2) is 0 Å². The first-order valence-electron chi connectivity index (χ1n) is 34.2. The average molecular weight is 1140 g/mol. The van der Waals surface area contributed by atoms with Crippen LogP contribution in [0.25, 0.3) is 0 Å². The molecule has 82 heavy (non-hydrogen) atoms. The van der Waals surface area contributed by atoms with Crippen LogP contribution >= 0.6 is 0 Å². The largest absolute Gasteiger partial charge is 0.462 e. The number of hydrogen-bond donors (Lipinski definition) is 0. The third-order valence-electron chi connectivity index (χ3n) is 14.4. The van der Waals surface area contributed by atoms with Crippen LogP contribution in [0.1, 0.15) is 310 Å². The van der Waals surface area contributed by atoms with Crippen molar-refractivity contribution in [3.63, 3.8) is 0 Å². The summed E-state index contributed by atoms with van der Waals surface area (Å²) in [6.45, 7) is 6.40. The molecule has 0 spiro atoms. The molecule has 1 unspecified atom stereocenters. The minimum Gasteiger partial charge on any atom is -0.462 e. The van der Waals surface area contributed by atoms with E-state index in [0.717, 1.165) is 148 Å². The van der Waals surface area contributed by atoms with Crippen molar-refractivity contribution in [2.75, 3.05) is 13.2 Å². The molecule has 0 fully saturated rings. The molecule has 1 atom stereocenters. The highest BCUT2D eigenvalue weighted by Gasteiger charge is 2.19. The van der Waals surface area contributed by atoms with E-state index in [4.69, 9.17) is 14.2 Å². The van der Waals surface area contributed by atoms with Gasteiger partial charge in [0.1, 0.15) is 13.2 Å². The molecule has 0 N–H and O–H groups in total. The van der Waals surface area contributed by atoms with Crippen molar-refractivity contribution in [1.82, 2.24) is 0 Å². The molecule has 0 aliphatic rings. The van der Waals surface area contributed by atoms with Gasteiger partial charge in [0.05, 0.1) is 0 Å². The van der Waals surface area contributed by atoms with Crippen LogP contribution in [0.5, 0.6) is 0 Å².